The van der Waals surface area contributed by atoms with Gasteiger partial charge in [0.1, 0.15) is 0 Å². The number of hydrogen-bond donors (Lipinski definition) is 1. The van der Waals surface area contributed by atoms with Crippen LogP contribution in [0.25, 0.3) is 17.0 Å². The highest BCUT2D eigenvalue weighted by Gasteiger charge is 2.35. The highest BCUT2D eigenvalue weighted by molar-refractivity contribution is 5.86. The van der Waals surface area contributed by atoms with Crippen LogP contribution in [-0.4, -0.2) is 48.1 Å². The zero-order valence-electron chi connectivity index (χ0n) is 19.3. The van der Waals surface area contributed by atoms with Gasteiger partial charge in [-0.2, -0.15) is 4.98 Å². The summed E-state index contributed by atoms with van der Waals surface area (Å²) in [5.41, 5.74) is 4.36. The number of nitrogens with zero attached hydrogens (tertiary/aromatic N) is 3. The number of amides is 2. The second kappa shape index (κ2) is 9.18. The van der Waals surface area contributed by atoms with E-state index in [0.717, 1.165) is 28.0 Å². The second-order valence-corrected chi connectivity index (χ2v) is 8.28. The van der Waals surface area contributed by atoms with Crippen LogP contribution in [0.15, 0.2) is 52.7 Å². The molecule has 0 saturated heterocycles. The van der Waals surface area contributed by atoms with Gasteiger partial charge in [-0.25, -0.2) is 4.79 Å². The molecule has 176 valence electrons. The Labute approximate surface area is 197 Å². The first-order valence-corrected chi connectivity index (χ1v) is 11.1. The van der Waals surface area contributed by atoms with Gasteiger partial charge >= 0.3 is 6.03 Å². The van der Waals surface area contributed by atoms with Crippen LogP contribution in [0.4, 0.5) is 4.79 Å². The van der Waals surface area contributed by atoms with Crippen LogP contribution in [-0.2, 0) is 4.74 Å². The van der Waals surface area contributed by atoms with Gasteiger partial charge < -0.3 is 24.1 Å². The summed E-state index contributed by atoms with van der Waals surface area (Å²) in [5.74, 6) is 2.12. The van der Waals surface area contributed by atoms with Gasteiger partial charge in [-0.15, -0.1) is 0 Å². The Morgan fingerprint density at radius 1 is 1.12 bits per heavy atom. The smallest absolute Gasteiger partial charge is 0.322 e. The van der Waals surface area contributed by atoms with Gasteiger partial charge in [-0.1, -0.05) is 35.0 Å². The molecule has 0 aliphatic carbocycles. The second-order valence-electron chi connectivity index (χ2n) is 8.28. The van der Waals surface area contributed by atoms with Gasteiger partial charge in [0, 0.05) is 31.5 Å². The number of hydrogen-bond acceptors (Lipinski definition) is 7. The highest BCUT2D eigenvalue weighted by Crippen LogP contribution is 2.39. The fourth-order valence-corrected chi connectivity index (χ4v) is 4.19. The van der Waals surface area contributed by atoms with Crippen LogP contribution < -0.4 is 14.8 Å². The van der Waals surface area contributed by atoms with Gasteiger partial charge in [-0.05, 0) is 44.0 Å². The van der Waals surface area contributed by atoms with Gasteiger partial charge in [-0.3, -0.25) is 4.90 Å². The Kier molecular flexibility index (Phi) is 5.93. The minimum atomic E-state index is -0.420. The number of urea groups is 1. The molecule has 1 atom stereocenters. The van der Waals surface area contributed by atoms with E-state index in [1.54, 1.807) is 12.0 Å². The monoisotopic (exact) mass is 462 g/mol. The number of carbonyl (C=O) groups is 1. The number of nitrogens with one attached hydrogen (secondary N) is 1. The molecule has 3 heterocycles. The first-order valence-electron chi connectivity index (χ1n) is 11.1. The zero-order valence-corrected chi connectivity index (χ0v) is 19.3. The molecule has 1 aromatic heterocycles. The average Bonchev–Trinajstić information content (AvgIpc) is 3.50. The van der Waals surface area contributed by atoms with Crippen molar-refractivity contribution in [3.05, 3.63) is 65.2 Å². The minimum absolute atomic E-state index is 0.168. The standard InChI is InChI=1S/C25H26N4O5/c1-15-5-7-17(8-6-15)22-21(16(2)29(25(30)26-22)11-4-12-31-3)24-27-23(28-34-24)18-9-10-19-20(13-18)33-14-32-19/h5-10,13,22H,4,11-12,14H2,1-3H3,(H,26,30). The van der Waals surface area contributed by atoms with Crippen LogP contribution in [0, 0.1) is 6.92 Å². The lowest BCUT2D eigenvalue weighted by Gasteiger charge is -2.35. The van der Waals surface area contributed by atoms with Crippen molar-refractivity contribution in [2.75, 3.05) is 27.1 Å². The molecule has 9 nitrogen and oxygen atoms in total. The van der Waals surface area contributed by atoms with Crippen molar-refractivity contribution in [3.8, 4) is 22.9 Å². The maximum atomic E-state index is 13.0. The summed E-state index contributed by atoms with van der Waals surface area (Å²) in [7, 11) is 1.65. The molecule has 5 rings (SSSR count). The van der Waals surface area contributed by atoms with Crippen molar-refractivity contribution >= 4 is 11.6 Å². The van der Waals surface area contributed by atoms with E-state index in [1.165, 1.54) is 0 Å². The number of methoxy groups -OCH3 is 1. The van der Waals surface area contributed by atoms with E-state index in [4.69, 9.17) is 23.7 Å². The summed E-state index contributed by atoms with van der Waals surface area (Å²) < 4.78 is 21.8. The molecule has 2 aromatic carbocycles. The maximum Gasteiger partial charge on any atom is 0.322 e. The Hall–Kier alpha value is -3.85. The normalized spacial score (nSPS) is 17.3. The summed E-state index contributed by atoms with van der Waals surface area (Å²) in [6.45, 7) is 5.20. The van der Waals surface area contributed by atoms with Gasteiger partial charge in [0.05, 0.1) is 11.6 Å². The van der Waals surface area contributed by atoms with E-state index in [0.29, 0.717) is 42.8 Å². The van der Waals surface area contributed by atoms with Gasteiger partial charge in [0.15, 0.2) is 11.5 Å². The Morgan fingerprint density at radius 3 is 2.71 bits per heavy atom. The SMILES string of the molecule is COCCCN1C(=O)NC(c2ccc(C)cc2)C(c2nc(-c3ccc4c(c3)OCO4)no2)=C1C. The number of carbonyl (C=O) groups excluding carboxylic acids is 1. The van der Waals surface area contributed by atoms with E-state index in [9.17, 15) is 4.79 Å². The average molecular weight is 463 g/mol. The maximum absolute atomic E-state index is 13.0. The lowest BCUT2D eigenvalue weighted by atomic mass is 9.94. The Morgan fingerprint density at radius 2 is 1.91 bits per heavy atom. The van der Waals surface area contributed by atoms with Gasteiger partial charge in [0.2, 0.25) is 12.6 Å². The first-order chi connectivity index (χ1) is 16.5. The van der Waals surface area contributed by atoms with Crippen LogP contribution in [0.3, 0.4) is 0 Å². The molecule has 9 heteroatoms. The van der Waals surface area contributed by atoms with E-state index >= 15 is 0 Å². The van der Waals surface area contributed by atoms with Crippen molar-refractivity contribution in [1.82, 2.24) is 20.4 Å². The molecule has 0 saturated carbocycles. The number of ether oxygens (including phenoxy) is 3. The number of benzene rings is 2. The van der Waals surface area contributed by atoms with Crippen molar-refractivity contribution in [3.63, 3.8) is 0 Å². The van der Waals surface area contributed by atoms with Crippen LogP contribution in [0.5, 0.6) is 11.5 Å². The molecule has 1 unspecified atom stereocenters. The largest absolute Gasteiger partial charge is 0.454 e. The minimum Gasteiger partial charge on any atom is -0.454 e. The number of fused-ring (bicyclic) bond motifs is 1. The van der Waals surface area contributed by atoms with Crippen LogP contribution >= 0.6 is 0 Å². The molecule has 2 aliphatic rings. The number of aryl methyl sites for hydroxylation is 1. The Balaban J connectivity index is 1.54. The fraction of sp³-hybridized carbons (Fsp3) is 0.320. The molecule has 0 spiro atoms. The molecule has 0 radical (unpaired) electrons. The van der Waals surface area contributed by atoms with Crippen LogP contribution in [0.1, 0.15) is 36.4 Å². The number of rotatable bonds is 7. The van der Waals surface area contributed by atoms with Crippen molar-refractivity contribution in [1.29, 1.82) is 0 Å². The third kappa shape index (κ3) is 4.10. The molecule has 2 amide bonds. The summed E-state index contributed by atoms with van der Waals surface area (Å²) >= 11 is 0. The molecular formula is C25H26N4O5. The summed E-state index contributed by atoms with van der Waals surface area (Å²) in [5, 5.41) is 7.33. The molecule has 34 heavy (non-hydrogen) atoms. The fourth-order valence-electron chi connectivity index (χ4n) is 4.19. The quantitative estimate of drug-likeness (QED) is 0.523. The summed E-state index contributed by atoms with van der Waals surface area (Å²) in [6, 6.07) is 13.0. The topological polar surface area (TPSA) is 99.0 Å². The van der Waals surface area contributed by atoms with Gasteiger partial charge in [0.25, 0.3) is 5.89 Å². The lowest BCUT2D eigenvalue weighted by Crippen LogP contribution is -2.46. The predicted octanol–water partition coefficient (Wildman–Crippen LogP) is 4.31. The predicted molar refractivity (Wildman–Crippen MR) is 124 cm³/mol. The van der Waals surface area contributed by atoms with E-state index in [1.807, 2.05) is 56.3 Å². The third-order valence-electron chi connectivity index (χ3n) is 6.02. The molecule has 3 aromatic rings. The van der Waals surface area contributed by atoms with Crippen molar-refractivity contribution < 1.29 is 23.5 Å². The Bertz CT molecular complexity index is 1230. The molecule has 0 fully saturated rings. The van der Waals surface area contributed by atoms with Crippen molar-refractivity contribution in [2.45, 2.75) is 26.3 Å². The van der Waals surface area contributed by atoms with Crippen molar-refractivity contribution in [2.24, 2.45) is 0 Å². The van der Waals surface area contributed by atoms with E-state index < -0.39 is 6.04 Å². The zero-order chi connectivity index (χ0) is 23.7. The first kappa shape index (κ1) is 22.0. The molecule has 2 aliphatic heterocycles. The molecule has 0 bridgehead atoms. The molecule has 1 N–H and O–H groups in total. The number of aromatic nitrogens is 2. The third-order valence-corrected chi connectivity index (χ3v) is 6.02. The van der Waals surface area contributed by atoms with E-state index in [2.05, 4.69) is 10.5 Å². The lowest BCUT2D eigenvalue weighted by molar-refractivity contribution is 0.173. The summed E-state index contributed by atoms with van der Waals surface area (Å²) in [6.07, 6.45) is 0.704. The summed E-state index contributed by atoms with van der Waals surface area (Å²) in [4.78, 5) is 19.4. The van der Waals surface area contributed by atoms with Crippen LogP contribution in [0.2, 0.25) is 0 Å². The number of allylic oxidation sites excluding steroid dienone is 1. The molecular weight excluding hydrogens is 436 g/mol. The van der Waals surface area contributed by atoms with E-state index in [-0.39, 0.29) is 12.8 Å². The highest BCUT2D eigenvalue weighted by atomic mass is 16.7.